The van der Waals surface area contributed by atoms with Crippen LogP contribution in [0.15, 0.2) is 23.0 Å². The SMILES string of the molecule is COCC(N)C(=O)Nc1ccc2c(c1)n(C)c(=O)n2C.Cl. The van der Waals surface area contributed by atoms with Crippen molar-refractivity contribution >= 4 is 35.0 Å². The first-order chi connectivity index (χ1) is 9.45. The van der Waals surface area contributed by atoms with Gasteiger partial charge in [0, 0.05) is 26.9 Å². The summed E-state index contributed by atoms with van der Waals surface area (Å²) in [6.45, 7) is 0.151. The summed E-state index contributed by atoms with van der Waals surface area (Å²) < 4.78 is 7.92. The van der Waals surface area contributed by atoms with Crippen LogP contribution in [0.25, 0.3) is 11.0 Å². The summed E-state index contributed by atoms with van der Waals surface area (Å²) >= 11 is 0. The molecule has 7 nitrogen and oxygen atoms in total. The van der Waals surface area contributed by atoms with Crippen molar-refractivity contribution in [2.45, 2.75) is 6.04 Å². The van der Waals surface area contributed by atoms with Crippen molar-refractivity contribution < 1.29 is 9.53 Å². The smallest absolute Gasteiger partial charge is 0.328 e. The molecule has 1 unspecified atom stereocenters. The maximum atomic E-state index is 11.8. The van der Waals surface area contributed by atoms with Crippen molar-refractivity contribution in [3.63, 3.8) is 0 Å². The van der Waals surface area contributed by atoms with E-state index in [-0.39, 0.29) is 30.6 Å². The van der Waals surface area contributed by atoms with E-state index in [9.17, 15) is 9.59 Å². The second-order valence-corrected chi connectivity index (χ2v) is 4.66. The highest BCUT2D eigenvalue weighted by Crippen LogP contribution is 2.17. The van der Waals surface area contributed by atoms with Gasteiger partial charge in [-0.05, 0) is 18.2 Å². The molecule has 1 aromatic carbocycles. The minimum absolute atomic E-state index is 0. The van der Waals surface area contributed by atoms with Crippen LogP contribution in [-0.4, -0.2) is 34.8 Å². The average Bonchev–Trinajstić information content (AvgIpc) is 2.64. The molecule has 1 atom stereocenters. The quantitative estimate of drug-likeness (QED) is 0.844. The molecule has 0 aliphatic carbocycles. The molecule has 0 spiro atoms. The van der Waals surface area contributed by atoms with Crippen molar-refractivity contribution in [2.24, 2.45) is 19.8 Å². The van der Waals surface area contributed by atoms with Crippen LogP contribution in [0, 0.1) is 0 Å². The molecule has 2 aromatic rings. The number of anilines is 1. The van der Waals surface area contributed by atoms with Gasteiger partial charge in [0.1, 0.15) is 6.04 Å². The predicted octanol–water partition coefficient (Wildman–Crippen LogP) is 0.211. The minimum atomic E-state index is -0.727. The van der Waals surface area contributed by atoms with E-state index < -0.39 is 6.04 Å². The number of halogens is 1. The zero-order valence-electron chi connectivity index (χ0n) is 12.1. The van der Waals surface area contributed by atoms with E-state index in [1.54, 1.807) is 36.9 Å². The van der Waals surface area contributed by atoms with Gasteiger partial charge in [-0.25, -0.2) is 4.79 Å². The number of imidazole rings is 1. The molecule has 8 heteroatoms. The van der Waals surface area contributed by atoms with Crippen molar-refractivity contribution in [1.29, 1.82) is 0 Å². The number of aryl methyl sites for hydroxylation is 2. The number of rotatable bonds is 4. The third-order valence-corrected chi connectivity index (χ3v) is 3.22. The highest BCUT2D eigenvalue weighted by atomic mass is 35.5. The maximum absolute atomic E-state index is 11.8. The van der Waals surface area contributed by atoms with E-state index >= 15 is 0 Å². The Morgan fingerprint density at radius 3 is 2.57 bits per heavy atom. The van der Waals surface area contributed by atoms with Crippen molar-refractivity contribution in [2.75, 3.05) is 19.0 Å². The van der Waals surface area contributed by atoms with E-state index in [0.717, 1.165) is 11.0 Å². The molecule has 0 saturated carbocycles. The fourth-order valence-electron chi connectivity index (χ4n) is 2.07. The van der Waals surface area contributed by atoms with Gasteiger partial charge in [-0.1, -0.05) is 0 Å². The molecule has 116 valence electrons. The summed E-state index contributed by atoms with van der Waals surface area (Å²) in [5.74, 6) is -0.327. The number of carbonyl (C=O) groups excluding carboxylic acids is 1. The monoisotopic (exact) mass is 314 g/mol. The normalized spacial score (nSPS) is 12.0. The first-order valence-electron chi connectivity index (χ1n) is 6.16. The van der Waals surface area contributed by atoms with Crippen LogP contribution in [0.3, 0.4) is 0 Å². The zero-order chi connectivity index (χ0) is 14.9. The van der Waals surface area contributed by atoms with Crippen molar-refractivity contribution in [1.82, 2.24) is 9.13 Å². The average molecular weight is 315 g/mol. The van der Waals surface area contributed by atoms with Crippen LogP contribution < -0.4 is 16.7 Å². The Morgan fingerprint density at radius 1 is 1.33 bits per heavy atom. The van der Waals surface area contributed by atoms with Gasteiger partial charge in [-0.2, -0.15) is 0 Å². The number of nitrogens with one attached hydrogen (secondary N) is 1. The molecule has 0 fully saturated rings. The molecule has 2 rings (SSSR count). The van der Waals surface area contributed by atoms with Crippen LogP contribution in [0.1, 0.15) is 0 Å². The first kappa shape index (κ1) is 17.2. The van der Waals surface area contributed by atoms with Gasteiger partial charge in [-0.15, -0.1) is 12.4 Å². The number of hydrogen-bond donors (Lipinski definition) is 2. The Bertz CT molecular complexity index is 707. The van der Waals surface area contributed by atoms with E-state index in [1.165, 1.54) is 11.7 Å². The standard InChI is InChI=1S/C13H18N4O3.ClH/c1-16-10-5-4-8(6-11(10)17(2)13(16)19)15-12(18)9(14)7-20-3;/h4-6,9H,7,14H2,1-3H3,(H,15,18);1H. The number of fused-ring (bicyclic) bond motifs is 1. The van der Waals surface area contributed by atoms with Crippen LogP contribution in [-0.2, 0) is 23.6 Å². The van der Waals surface area contributed by atoms with Gasteiger partial charge in [0.05, 0.1) is 17.6 Å². The lowest BCUT2D eigenvalue weighted by molar-refractivity contribution is -0.118. The maximum Gasteiger partial charge on any atom is 0.328 e. The van der Waals surface area contributed by atoms with Gasteiger partial charge >= 0.3 is 5.69 Å². The number of ether oxygens (including phenoxy) is 1. The Labute approximate surface area is 128 Å². The number of amides is 1. The summed E-state index contributed by atoms with van der Waals surface area (Å²) in [6, 6.07) is 4.54. The highest BCUT2D eigenvalue weighted by Gasteiger charge is 2.14. The van der Waals surface area contributed by atoms with E-state index in [0.29, 0.717) is 5.69 Å². The Morgan fingerprint density at radius 2 is 1.95 bits per heavy atom. The predicted molar refractivity (Wildman–Crippen MR) is 83.9 cm³/mol. The lowest BCUT2D eigenvalue weighted by atomic mass is 10.2. The van der Waals surface area contributed by atoms with Gasteiger partial charge < -0.3 is 15.8 Å². The minimum Gasteiger partial charge on any atom is -0.383 e. The summed E-state index contributed by atoms with van der Waals surface area (Å²) in [6.07, 6.45) is 0. The second-order valence-electron chi connectivity index (χ2n) is 4.66. The van der Waals surface area contributed by atoms with Gasteiger partial charge in [0.25, 0.3) is 0 Å². The third kappa shape index (κ3) is 3.26. The van der Waals surface area contributed by atoms with Crippen LogP contribution in [0.4, 0.5) is 5.69 Å². The van der Waals surface area contributed by atoms with Gasteiger partial charge in [-0.3, -0.25) is 13.9 Å². The van der Waals surface area contributed by atoms with Crippen molar-refractivity contribution in [3.8, 4) is 0 Å². The molecule has 0 bridgehead atoms. The number of benzene rings is 1. The summed E-state index contributed by atoms with van der Waals surface area (Å²) in [4.78, 5) is 23.6. The molecular formula is C13H19ClN4O3. The molecule has 3 N–H and O–H groups in total. The third-order valence-electron chi connectivity index (χ3n) is 3.22. The van der Waals surface area contributed by atoms with Crippen molar-refractivity contribution in [3.05, 3.63) is 28.7 Å². The van der Waals surface area contributed by atoms with Gasteiger partial charge in [0.2, 0.25) is 5.91 Å². The molecule has 0 saturated heterocycles. The number of aromatic nitrogens is 2. The fourth-order valence-corrected chi connectivity index (χ4v) is 2.07. The highest BCUT2D eigenvalue weighted by molar-refractivity contribution is 5.96. The van der Waals surface area contributed by atoms with E-state index in [2.05, 4.69) is 5.32 Å². The number of hydrogen-bond acceptors (Lipinski definition) is 4. The largest absolute Gasteiger partial charge is 0.383 e. The molecule has 1 aromatic heterocycles. The molecule has 0 aliphatic heterocycles. The summed E-state index contributed by atoms with van der Waals surface area (Å²) in [5, 5.41) is 2.71. The molecule has 0 aliphatic rings. The van der Waals surface area contributed by atoms with Crippen LogP contribution >= 0.6 is 12.4 Å². The number of nitrogens with zero attached hydrogens (tertiary/aromatic N) is 2. The second kappa shape index (κ2) is 6.75. The zero-order valence-corrected chi connectivity index (χ0v) is 12.9. The van der Waals surface area contributed by atoms with E-state index in [1.807, 2.05) is 0 Å². The molecular weight excluding hydrogens is 296 g/mol. The molecule has 0 radical (unpaired) electrons. The van der Waals surface area contributed by atoms with Crippen LogP contribution in [0.2, 0.25) is 0 Å². The Kier molecular flexibility index (Phi) is 5.54. The summed E-state index contributed by atoms with van der Waals surface area (Å²) in [5.41, 5.74) is 7.68. The van der Waals surface area contributed by atoms with Crippen LogP contribution in [0.5, 0.6) is 0 Å². The number of methoxy groups -OCH3 is 1. The lowest BCUT2D eigenvalue weighted by Crippen LogP contribution is -2.39. The molecule has 1 amide bonds. The summed E-state index contributed by atoms with van der Waals surface area (Å²) in [7, 11) is 4.88. The lowest BCUT2D eigenvalue weighted by Gasteiger charge is -2.11. The fraction of sp³-hybridized carbons (Fsp3) is 0.385. The van der Waals surface area contributed by atoms with E-state index in [4.69, 9.17) is 10.5 Å². The Balaban J connectivity index is 0.00000220. The molecule has 21 heavy (non-hydrogen) atoms. The Hall–Kier alpha value is -1.83. The number of carbonyl (C=O) groups is 1. The first-order valence-corrected chi connectivity index (χ1v) is 6.16. The topological polar surface area (TPSA) is 91.3 Å². The van der Waals surface area contributed by atoms with Gasteiger partial charge in [0.15, 0.2) is 0 Å². The number of nitrogens with two attached hydrogens (primary N) is 1. The molecule has 1 heterocycles.